The fraction of sp³-hybridized carbons (Fsp3) is 0.133. The second-order valence-corrected chi connectivity index (χ2v) is 6.23. The normalized spacial score (nSPS) is 10.3. The Hall–Kier alpha value is -1.33. The molecule has 0 heterocycles. The number of hydrogen-bond donors (Lipinski definition) is 1. The minimum Gasteiger partial charge on any atom is -0.478 e. The minimum absolute atomic E-state index is 0.275. The fourth-order valence-electron chi connectivity index (χ4n) is 1.94. The van der Waals surface area contributed by atoms with E-state index in [1.54, 1.807) is 12.1 Å². The number of halogens is 2. The number of carboxylic acid groups (broad SMARTS) is 1. The van der Waals surface area contributed by atoms with Crippen molar-refractivity contribution in [1.82, 2.24) is 0 Å². The van der Waals surface area contributed by atoms with E-state index in [-0.39, 0.29) is 5.56 Å². The molecule has 0 bridgehead atoms. The summed E-state index contributed by atoms with van der Waals surface area (Å²) in [6.07, 6.45) is 0. The highest BCUT2D eigenvalue weighted by Crippen LogP contribution is 2.28. The molecule has 0 unspecified atom stereocenters. The van der Waals surface area contributed by atoms with Gasteiger partial charge >= 0.3 is 5.97 Å². The molecule has 2 aromatic rings. The lowest BCUT2D eigenvalue weighted by atomic mass is 10.1. The Morgan fingerprint density at radius 2 is 1.95 bits per heavy atom. The number of carbonyl (C=O) groups is 1. The Morgan fingerprint density at radius 3 is 2.55 bits per heavy atom. The van der Waals surface area contributed by atoms with Crippen LogP contribution < -0.4 is 4.90 Å². The van der Waals surface area contributed by atoms with Gasteiger partial charge in [0.1, 0.15) is 0 Å². The number of carboxylic acids is 1. The molecule has 2 rings (SSSR count). The van der Waals surface area contributed by atoms with Crippen molar-refractivity contribution in [2.45, 2.75) is 6.54 Å². The molecule has 0 aliphatic heterocycles. The van der Waals surface area contributed by atoms with E-state index in [1.165, 1.54) is 5.56 Å². The summed E-state index contributed by atoms with van der Waals surface area (Å²) in [5, 5.41) is 8.96. The maximum Gasteiger partial charge on any atom is 0.335 e. The van der Waals surface area contributed by atoms with Gasteiger partial charge in [-0.3, -0.25) is 0 Å². The lowest BCUT2D eigenvalue weighted by molar-refractivity contribution is 0.0697. The summed E-state index contributed by atoms with van der Waals surface area (Å²) in [6.45, 7) is 0.741. The molecule has 0 aliphatic rings. The third kappa shape index (κ3) is 3.61. The molecule has 0 aromatic heterocycles. The molecular weight excluding hydrogens is 386 g/mol. The third-order valence-corrected chi connectivity index (χ3v) is 4.04. The van der Waals surface area contributed by atoms with Crippen molar-refractivity contribution < 1.29 is 9.90 Å². The van der Waals surface area contributed by atoms with Gasteiger partial charge in [0.15, 0.2) is 0 Å². The Balaban J connectivity index is 2.21. The van der Waals surface area contributed by atoms with Crippen molar-refractivity contribution in [2.24, 2.45) is 0 Å². The zero-order chi connectivity index (χ0) is 14.7. The van der Waals surface area contributed by atoms with Crippen LogP contribution in [0.2, 0.25) is 0 Å². The summed E-state index contributed by atoms with van der Waals surface area (Å²) in [6, 6.07) is 13.1. The van der Waals surface area contributed by atoms with Gasteiger partial charge < -0.3 is 10.0 Å². The van der Waals surface area contributed by atoms with Crippen molar-refractivity contribution in [1.29, 1.82) is 0 Å². The first kappa shape index (κ1) is 15.1. The second-order valence-electron chi connectivity index (χ2n) is 4.46. The SMILES string of the molecule is CN(Cc1cccc(Br)c1)c1ccc(C(=O)O)cc1Br. The van der Waals surface area contributed by atoms with E-state index in [4.69, 9.17) is 5.11 Å². The second kappa shape index (κ2) is 6.41. The van der Waals surface area contributed by atoms with Crippen LogP contribution in [0, 0.1) is 0 Å². The summed E-state index contributed by atoms with van der Waals surface area (Å²) in [4.78, 5) is 13.0. The number of nitrogens with zero attached hydrogens (tertiary/aromatic N) is 1. The maximum atomic E-state index is 10.9. The summed E-state index contributed by atoms with van der Waals surface area (Å²) < 4.78 is 1.82. The molecule has 3 nitrogen and oxygen atoms in total. The van der Waals surface area contributed by atoms with Gasteiger partial charge in [-0.1, -0.05) is 28.1 Å². The van der Waals surface area contributed by atoms with Crippen molar-refractivity contribution >= 4 is 43.5 Å². The number of benzene rings is 2. The van der Waals surface area contributed by atoms with Crippen LogP contribution >= 0.6 is 31.9 Å². The molecule has 5 heteroatoms. The molecule has 104 valence electrons. The van der Waals surface area contributed by atoms with Gasteiger partial charge in [0.25, 0.3) is 0 Å². The molecule has 0 atom stereocenters. The quantitative estimate of drug-likeness (QED) is 0.821. The molecule has 0 saturated carbocycles. The van der Waals surface area contributed by atoms with E-state index >= 15 is 0 Å². The van der Waals surface area contributed by atoms with Crippen molar-refractivity contribution in [2.75, 3.05) is 11.9 Å². The molecule has 0 aliphatic carbocycles. The van der Waals surface area contributed by atoms with Crippen LogP contribution in [-0.2, 0) is 6.54 Å². The highest BCUT2D eigenvalue weighted by Gasteiger charge is 2.10. The van der Waals surface area contributed by atoms with Crippen LogP contribution in [-0.4, -0.2) is 18.1 Å². The van der Waals surface area contributed by atoms with Crippen molar-refractivity contribution in [3.8, 4) is 0 Å². The predicted octanol–water partition coefficient (Wildman–Crippen LogP) is 4.55. The lowest BCUT2D eigenvalue weighted by Gasteiger charge is -2.21. The van der Waals surface area contributed by atoms with E-state index in [0.29, 0.717) is 0 Å². The zero-order valence-corrected chi connectivity index (χ0v) is 14.0. The highest BCUT2D eigenvalue weighted by molar-refractivity contribution is 9.10. The van der Waals surface area contributed by atoms with Crippen LogP contribution in [0.3, 0.4) is 0 Å². The predicted molar refractivity (Wildman–Crippen MR) is 87.4 cm³/mol. The molecule has 0 radical (unpaired) electrons. The van der Waals surface area contributed by atoms with Crippen LogP contribution in [0.25, 0.3) is 0 Å². The van der Waals surface area contributed by atoms with E-state index in [1.807, 2.05) is 25.2 Å². The number of aromatic carboxylic acids is 1. The highest BCUT2D eigenvalue weighted by atomic mass is 79.9. The van der Waals surface area contributed by atoms with Crippen molar-refractivity contribution in [3.63, 3.8) is 0 Å². The number of rotatable bonds is 4. The fourth-order valence-corrected chi connectivity index (χ4v) is 3.07. The summed E-state index contributed by atoms with van der Waals surface area (Å²) in [5.74, 6) is -0.924. The molecule has 0 spiro atoms. The summed E-state index contributed by atoms with van der Waals surface area (Å²) >= 11 is 6.88. The van der Waals surface area contributed by atoms with Crippen LogP contribution in [0.5, 0.6) is 0 Å². The van der Waals surface area contributed by atoms with Gasteiger partial charge in [0.2, 0.25) is 0 Å². The van der Waals surface area contributed by atoms with Gasteiger partial charge in [0.05, 0.1) is 11.3 Å². The summed E-state index contributed by atoms with van der Waals surface area (Å²) in [5.41, 5.74) is 2.41. The Bertz CT molecular complexity index is 644. The van der Waals surface area contributed by atoms with Crippen LogP contribution in [0.1, 0.15) is 15.9 Å². The smallest absolute Gasteiger partial charge is 0.335 e. The largest absolute Gasteiger partial charge is 0.478 e. The molecule has 20 heavy (non-hydrogen) atoms. The Kier molecular flexibility index (Phi) is 4.83. The Morgan fingerprint density at radius 1 is 1.20 bits per heavy atom. The monoisotopic (exact) mass is 397 g/mol. The molecule has 0 saturated heterocycles. The first-order valence-electron chi connectivity index (χ1n) is 5.96. The van der Waals surface area contributed by atoms with Gasteiger partial charge in [-0.05, 0) is 51.8 Å². The molecule has 2 aromatic carbocycles. The first-order valence-corrected chi connectivity index (χ1v) is 7.54. The molecule has 0 fully saturated rings. The van der Waals surface area contributed by atoms with Crippen LogP contribution in [0.4, 0.5) is 5.69 Å². The van der Waals surface area contributed by atoms with Gasteiger partial charge in [-0.15, -0.1) is 0 Å². The van der Waals surface area contributed by atoms with E-state index in [9.17, 15) is 4.79 Å². The van der Waals surface area contributed by atoms with Gasteiger partial charge in [0, 0.05) is 22.5 Å². The maximum absolute atomic E-state index is 10.9. The van der Waals surface area contributed by atoms with Gasteiger partial charge in [-0.25, -0.2) is 4.79 Å². The molecule has 1 N–H and O–H groups in total. The van der Waals surface area contributed by atoms with Crippen LogP contribution in [0.15, 0.2) is 51.4 Å². The molecule has 0 amide bonds. The van der Waals surface area contributed by atoms with E-state index < -0.39 is 5.97 Å². The summed E-state index contributed by atoms with van der Waals surface area (Å²) in [7, 11) is 1.97. The Labute approximate surface area is 134 Å². The van der Waals surface area contributed by atoms with Crippen molar-refractivity contribution in [3.05, 3.63) is 62.5 Å². The zero-order valence-electron chi connectivity index (χ0n) is 10.8. The number of hydrogen-bond acceptors (Lipinski definition) is 2. The third-order valence-electron chi connectivity index (χ3n) is 2.91. The standard InChI is InChI=1S/C15H13Br2NO2/c1-18(9-10-3-2-4-12(16)7-10)14-6-5-11(15(19)20)8-13(14)17/h2-8H,9H2,1H3,(H,19,20). The lowest BCUT2D eigenvalue weighted by Crippen LogP contribution is -2.17. The average Bonchev–Trinajstić information content (AvgIpc) is 2.38. The van der Waals surface area contributed by atoms with E-state index in [0.717, 1.165) is 21.2 Å². The minimum atomic E-state index is -0.924. The topological polar surface area (TPSA) is 40.5 Å². The van der Waals surface area contributed by atoms with E-state index in [2.05, 4.69) is 48.9 Å². The first-order chi connectivity index (χ1) is 9.47. The van der Waals surface area contributed by atoms with Gasteiger partial charge in [-0.2, -0.15) is 0 Å². The number of anilines is 1. The molecular formula is C15H13Br2NO2. The average molecular weight is 399 g/mol.